The van der Waals surface area contributed by atoms with Gasteiger partial charge >= 0.3 is 37.1 Å². The number of thiophene rings is 2. The third-order valence-electron chi connectivity index (χ3n) is 5.33. The van der Waals surface area contributed by atoms with Crippen molar-refractivity contribution >= 4 is 73.3 Å². The van der Waals surface area contributed by atoms with Crippen molar-refractivity contribution in [2.24, 2.45) is 0 Å². The van der Waals surface area contributed by atoms with Crippen LogP contribution >= 0.6 is 45.8 Å². The Bertz CT molecular complexity index is 1490. The Morgan fingerprint density at radius 3 is 2.53 bits per heavy atom. The van der Waals surface area contributed by atoms with Crippen LogP contribution in [-0.4, -0.2) is 21.9 Å². The van der Waals surface area contributed by atoms with E-state index in [2.05, 4.69) is 21.5 Å². The van der Waals surface area contributed by atoms with Crippen molar-refractivity contribution in [3.8, 4) is 17.9 Å². The summed E-state index contributed by atoms with van der Waals surface area (Å²) in [6, 6.07) is 13.6. The largest absolute Gasteiger partial charge is 2.00 e. The summed E-state index contributed by atoms with van der Waals surface area (Å²) in [6.45, 7) is 1.97. The van der Waals surface area contributed by atoms with E-state index < -0.39 is 11.4 Å². The van der Waals surface area contributed by atoms with Gasteiger partial charge in [0.15, 0.2) is 0 Å². The van der Waals surface area contributed by atoms with Crippen LogP contribution in [0, 0.1) is 60.7 Å². The SMILES string of the molecule is C[CH-]c1ccccc1Cl.N#Cc1nsc(C#Cc2cc3sc(C4(C(=O)O)CC4)cc3s2)c1N[C-]=O.[U+2]. The van der Waals surface area contributed by atoms with Gasteiger partial charge in [-0.3, -0.25) is 4.79 Å². The Kier molecular flexibility index (Phi) is 9.67. The molecule has 1 saturated carbocycles. The number of carbonyl (C=O) groups is 1. The minimum absolute atomic E-state index is 0. The third-order valence-corrected chi connectivity index (χ3v) is 8.85. The fourth-order valence-corrected chi connectivity index (χ4v) is 6.65. The maximum atomic E-state index is 11.4. The average molecular weight is 776 g/mol. The first-order valence-electron chi connectivity index (χ1n) is 10.3. The molecule has 2 N–H and O–H groups in total. The molecule has 0 atom stereocenters. The van der Waals surface area contributed by atoms with Crippen molar-refractivity contribution in [2.45, 2.75) is 25.2 Å². The molecule has 6 nitrogen and oxygen atoms in total. The number of hydrogen-bond acceptors (Lipinski definition) is 7. The number of hydrogen-bond donors (Lipinski definition) is 2. The molecule has 4 aromatic rings. The number of aliphatic carboxylic acids is 1. The number of amides is 1. The van der Waals surface area contributed by atoms with Gasteiger partial charge in [-0.25, -0.2) is 0 Å². The summed E-state index contributed by atoms with van der Waals surface area (Å²) in [5.41, 5.74) is 0.803. The Hall–Kier alpha value is -2.29. The first-order valence-corrected chi connectivity index (χ1v) is 13.1. The molecule has 178 valence electrons. The molecule has 1 amide bonds. The number of benzene rings is 1. The zero-order chi connectivity index (χ0) is 25.0. The van der Waals surface area contributed by atoms with E-state index in [9.17, 15) is 14.7 Å². The van der Waals surface area contributed by atoms with Crippen molar-refractivity contribution in [1.82, 2.24) is 4.37 Å². The predicted octanol–water partition coefficient (Wildman–Crippen LogP) is 6.20. The minimum Gasteiger partial charge on any atom is -0.486 e. The number of halogens is 1. The molecule has 1 aliphatic carbocycles. The van der Waals surface area contributed by atoms with E-state index in [0.717, 1.165) is 41.3 Å². The fourth-order valence-electron chi connectivity index (χ4n) is 3.27. The second-order valence-corrected chi connectivity index (χ2v) is 10.8. The number of nitriles is 1. The number of rotatable bonds is 5. The normalized spacial score (nSPS) is 12.6. The summed E-state index contributed by atoms with van der Waals surface area (Å²) in [6.07, 6.45) is 4.92. The number of nitrogens with zero attached hydrogens (tertiary/aromatic N) is 2. The first-order chi connectivity index (χ1) is 16.9. The predicted molar refractivity (Wildman–Crippen MR) is 141 cm³/mol. The minimum atomic E-state index is -0.753. The van der Waals surface area contributed by atoms with Crippen LogP contribution in [0.4, 0.5) is 5.69 Å². The number of carboxylic acids is 1. The number of aromatic nitrogens is 1. The van der Waals surface area contributed by atoms with E-state index in [1.807, 2.05) is 55.8 Å². The molecule has 0 bridgehead atoms. The van der Waals surface area contributed by atoms with E-state index in [4.69, 9.17) is 16.9 Å². The third kappa shape index (κ3) is 5.98. The molecule has 0 spiro atoms. The number of anilines is 1. The summed E-state index contributed by atoms with van der Waals surface area (Å²) in [5, 5.41) is 21.6. The van der Waals surface area contributed by atoms with Crippen LogP contribution in [0.3, 0.4) is 0 Å². The quantitative estimate of drug-likeness (QED) is 0.143. The molecule has 0 aliphatic heterocycles. The molecule has 3 heterocycles. The van der Waals surface area contributed by atoms with E-state index >= 15 is 0 Å². The van der Waals surface area contributed by atoms with E-state index in [1.165, 1.54) is 22.7 Å². The summed E-state index contributed by atoms with van der Waals surface area (Å²) in [5.74, 6) is 5.20. The van der Waals surface area contributed by atoms with Gasteiger partial charge in [-0.05, 0) is 42.2 Å². The van der Waals surface area contributed by atoms with Gasteiger partial charge in [-0.15, -0.1) is 34.8 Å². The number of carboxylic acid groups (broad SMARTS) is 1. The molecule has 1 fully saturated rings. The summed E-state index contributed by atoms with van der Waals surface area (Å²) in [4.78, 5) is 24.2. The van der Waals surface area contributed by atoms with Crippen LogP contribution in [0.5, 0.6) is 0 Å². The second kappa shape index (κ2) is 12.3. The molecule has 1 aromatic carbocycles. The van der Waals surface area contributed by atoms with Gasteiger partial charge < -0.3 is 15.2 Å². The van der Waals surface area contributed by atoms with Gasteiger partial charge in [-0.2, -0.15) is 39.3 Å². The Balaban J connectivity index is 0.000000307. The van der Waals surface area contributed by atoms with Gasteiger partial charge in [0.25, 0.3) is 0 Å². The smallest absolute Gasteiger partial charge is 0.486 e. The van der Waals surface area contributed by atoms with Crippen LogP contribution in [0.1, 0.15) is 45.7 Å². The van der Waals surface area contributed by atoms with Gasteiger partial charge in [0.1, 0.15) is 11.5 Å². The molecule has 0 radical (unpaired) electrons. The molecule has 0 unspecified atom stereocenters. The molecule has 11 heteroatoms. The van der Waals surface area contributed by atoms with Crippen molar-refractivity contribution in [1.29, 1.82) is 5.26 Å². The van der Waals surface area contributed by atoms with Crippen molar-refractivity contribution in [3.63, 3.8) is 0 Å². The van der Waals surface area contributed by atoms with E-state index in [1.54, 1.807) is 6.41 Å². The standard InChI is InChI=1S/C17H8N3O3S3.C8H8Cl.U/c18-7-10-15(19-8-21)11(26-20-10)2-1-9-5-12-13(24-9)6-14(25-12)17(3-4-17)16(22)23;1-2-7-5-3-4-6-8(7)9;/h5-6H,3-4H2,(H,19,21)(H,22,23);2-6H,1H3;/q2*-1;+2. The van der Waals surface area contributed by atoms with Gasteiger partial charge in [-0.1, -0.05) is 29.9 Å². The zero-order valence-corrected chi connectivity index (χ0v) is 26.1. The maximum Gasteiger partial charge on any atom is 2.00 e. The Labute approximate surface area is 248 Å². The maximum absolute atomic E-state index is 11.4. The van der Waals surface area contributed by atoms with Crippen molar-refractivity contribution in [2.75, 3.05) is 5.32 Å². The summed E-state index contributed by atoms with van der Waals surface area (Å²) in [7, 11) is 0. The topological polar surface area (TPSA) is 103 Å². The van der Waals surface area contributed by atoms with E-state index in [-0.39, 0.29) is 42.5 Å². The number of nitrogens with one attached hydrogen (secondary N) is 1. The van der Waals surface area contributed by atoms with Crippen LogP contribution in [0.2, 0.25) is 5.02 Å². The number of carbonyl (C=O) groups excluding carboxylic acids is 1. The van der Waals surface area contributed by atoms with Crippen LogP contribution in [-0.2, 0) is 15.0 Å². The van der Waals surface area contributed by atoms with Crippen molar-refractivity contribution < 1.29 is 45.8 Å². The van der Waals surface area contributed by atoms with Crippen molar-refractivity contribution in [3.05, 3.63) is 73.7 Å². The zero-order valence-electron chi connectivity index (χ0n) is 18.7. The average Bonchev–Trinajstić information content (AvgIpc) is 3.24. The second-order valence-electron chi connectivity index (χ2n) is 7.47. The Morgan fingerprint density at radius 1 is 1.25 bits per heavy atom. The van der Waals surface area contributed by atoms with E-state index in [0.29, 0.717) is 17.7 Å². The first kappa shape index (κ1) is 28.3. The summed E-state index contributed by atoms with van der Waals surface area (Å²) < 4.78 is 5.98. The Morgan fingerprint density at radius 2 is 1.97 bits per heavy atom. The molecule has 5 rings (SSSR count). The number of fused-ring (bicyclic) bond motifs is 1. The van der Waals surface area contributed by atoms with Gasteiger partial charge in [0.05, 0.1) is 17.0 Å². The molecule has 36 heavy (non-hydrogen) atoms. The van der Waals surface area contributed by atoms with Crippen LogP contribution in [0.15, 0.2) is 36.4 Å². The molecular formula is C25H16ClN3O3S3U. The van der Waals surface area contributed by atoms with Gasteiger partial charge in [0.2, 0.25) is 0 Å². The molecular weight excluding hydrogens is 760 g/mol. The monoisotopic (exact) mass is 775 g/mol. The van der Waals surface area contributed by atoms with Crippen LogP contribution < -0.4 is 5.32 Å². The summed E-state index contributed by atoms with van der Waals surface area (Å²) >= 11 is 9.83. The fraction of sp³-hybridized carbons (Fsp3) is 0.160. The molecule has 1 aliphatic rings. The molecule has 0 saturated heterocycles. The van der Waals surface area contributed by atoms with Crippen LogP contribution in [0.25, 0.3) is 9.40 Å². The van der Waals surface area contributed by atoms with Gasteiger partial charge in [0, 0.05) is 19.2 Å². The molecule has 3 aromatic heterocycles.